The number of hydrogen-bond donors (Lipinski definition) is 0. The summed E-state index contributed by atoms with van der Waals surface area (Å²) in [5.41, 5.74) is 3.72. The number of ether oxygens (including phenoxy) is 2. The third-order valence-electron chi connectivity index (χ3n) is 4.29. The summed E-state index contributed by atoms with van der Waals surface area (Å²) in [5, 5.41) is 0.841. The molecular formula is C20H15Cl2N3O2. The number of rotatable bonds is 4. The highest BCUT2D eigenvalue weighted by Crippen LogP contribution is 2.31. The van der Waals surface area contributed by atoms with E-state index in [4.69, 9.17) is 32.7 Å². The van der Waals surface area contributed by atoms with Gasteiger partial charge >= 0.3 is 0 Å². The van der Waals surface area contributed by atoms with E-state index in [-0.39, 0.29) is 6.04 Å². The molecule has 3 heterocycles. The molecule has 136 valence electrons. The van der Waals surface area contributed by atoms with Crippen LogP contribution in [0.3, 0.4) is 0 Å². The summed E-state index contributed by atoms with van der Waals surface area (Å²) in [7, 11) is 1.60. The van der Waals surface area contributed by atoms with Gasteiger partial charge in [0.15, 0.2) is 0 Å². The predicted octanol–water partition coefficient (Wildman–Crippen LogP) is 4.98. The standard InChI is InChI=1S/C20H15Cl2N3O2/c1-26-18-7-6-14(8-24-18)12-2-4-13(5-3-12)17-11-27-20(25-17)19-15(21)9-23-10-16(19)22/h2-10,17H,11H2,1H3. The number of hydrogen-bond acceptors (Lipinski definition) is 5. The number of aliphatic imine (C=N–C) groups is 1. The van der Waals surface area contributed by atoms with Crippen molar-refractivity contribution < 1.29 is 9.47 Å². The van der Waals surface area contributed by atoms with E-state index in [2.05, 4.69) is 15.0 Å². The third kappa shape index (κ3) is 3.61. The first-order valence-corrected chi connectivity index (χ1v) is 9.01. The summed E-state index contributed by atoms with van der Waals surface area (Å²) in [4.78, 5) is 12.8. The lowest BCUT2D eigenvalue weighted by atomic mass is 10.0. The van der Waals surface area contributed by atoms with Crippen LogP contribution >= 0.6 is 23.2 Å². The zero-order valence-corrected chi connectivity index (χ0v) is 15.9. The first kappa shape index (κ1) is 17.8. The van der Waals surface area contributed by atoms with Gasteiger partial charge in [0.2, 0.25) is 11.8 Å². The number of benzene rings is 1. The van der Waals surface area contributed by atoms with Gasteiger partial charge in [-0.05, 0) is 17.2 Å². The topological polar surface area (TPSA) is 56.6 Å². The van der Waals surface area contributed by atoms with Gasteiger partial charge < -0.3 is 9.47 Å². The van der Waals surface area contributed by atoms with Crippen LogP contribution < -0.4 is 4.74 Å². The van der Waals surface area contributed by atoms with Gasteiger partial charge in [0, 0.05) is 30.2 Å². The molecule has 0 radical (unpaired) electrons. The van der Waals surface area contributed by atoms with E-state index >= 15 is 0 Å². The molecule has 0 aliphatic carbocycles. The molecule has 0 N–H and O–H groups in total. The molecule has 1 aliphatic rings. The van der Waals surface area contributed by atoms with E-state index in [0.29, 0.717) is 34.0 Å². The van der Waals surface area contributed by atoms with Crippen molar-refractivity contribution in [3.63, 3.8) is 0 Å². The Labute approximate surface area is 166 Å². The maximum Gasteiger partial charge on any atom is 0.220 e. The minimum atomic E-state index is -0.108. The first-order chi connectivity index (χ1) is 13.2. The van der Waals surface area contributed by atoms with E-state index in [0.717, 1.165) is 16.7 Å². The van der Waals surface area contributed by atoms with Gasteiger partial charge in [0.1, 0.15) is 12.6 Å². The molecule has 0 bridgehead atoms. The summed E-state index contributed by atoms with van der Waals surface area (Å²) >= 11 is 12.4. The van der Waals surface area contributed by atoms with Crippen LogP contribution in [0.1, 0.15) is 17.2 Å². The Morgan fingerprint density at radius 3 is 2.30 bits per heavy atom. The third-order valence-corrected chi connectivity index (χ3v) is 4.87. The molecule has 3 aromatic rings. The van der Waals surface area contributed by atoms with Crippen molar-refractivity contribution in [2.24, 2.45) is 4.99 Å². The van der Waals surface area contributed by atoms with E-state index in [1.54, 1.807) is 13.3 Å². The second kappa shape index (κ2) is 7.55. The number of nitrogens with zero attached hydrogens (tertiary/aromatic N) is 3. The maximum absolute atomic E-state index is 6.19. The first-order valence-electron chi connectivity index (χ1n) is 8.26. The van der Waals surface area contributed by atoms with Gasteiger partial charge in [-0.2, -0.15) is 0 Å². The number of methoxy groups -OCH3 is 1. The second-order valence-electron chi connectivity index (χ2n) is 5.95. The lowest BCUT2D eigenvalue weighted by Crippen LogP contribution is -2.03. The van der Waals surface area contributed by atoms with Gasteiger partial charge in [-0.15, -0.1) is 0 Å². The summed E-state index contributed by atoms with van der Waals surface area (Å²) in [6, 6.07) is 11.9. The van der Waals surface area contributed by atoms with Crippen LogP contribution in [0.5, 0.6) is 5.88 Å². The second-order valence-corrected chi connectivity index (χ2v) is 6.76. The van der Waals surface area contributed by atoms with Crippen molar-refractivity contribution in [3.05, 3.63) is 76.2 Å². The van der Waals surface area contributed by atoms with E-state index in [1.807, 2.05) is 36.4 Å². The zero-order chi connectivity index (χ0) is 18.8. The van der Waals surface area contributed by atoms with Crippen molar-refractivity contribution in [1.82, 2.24) is 9.97 Å². The fourth-order valence-corrected chi connectivity index (χ4v) is 3.39. The van der Waals surface area contributed by atoms with Crippen molar-refractivity contribution in [3.8, 4) is 17.0 Å². The lowest BCUT2D eigenvalue weighted by molar-refractivity contribution is 0.320. The molecule has 1 aromatic carbocycles. The largest absolute Gasteiger partial charge is 0.481 e. The highest BCUT2D eigenvalue weighted by atomic mass is 35.5. The number of pyridine rings is 2. The van der Waals surface area contributed by atoms with Gasteiger partial charge in [0.05, 0.1) is 22.7 Å². The molecule has 4 rings (SSSR count). The highest BCUT2D eigenvalue weighted by molar-refractivity contribution is 6.39. The minimum Gasteiger partial charge on any atom is -0.481 e. The summed E-state index contributed by atoms with van der Waals surface area (Å²) in [6.45, 7) is 0.438. The predicted molar refractivity (Wildman–Crippen MR) is 106 cm³/mol. The fourth-order valence-electron chi connectivity index (χ4n) is 2.87. The van der Waals surface area contributed by atoms with Gasteiger partial charge in [-0.25, -0.2) is 9.98 Å². The van der Waals surface area contributed by atoms with Gasteiger partial charge in [-0.3, -0.25) is 4.98 Å². The quantitative estimate of drug-likeness (QED) is 0.620. The Bertz CT molecular complexity index is 969. The average molecular weight is 400 g/mol. The Morgan fingerprint density at radius 1 is 0.963 bits per heavy atom. The van der Waals surface area contributed by atoms with Crippen molar-refractivity contribution in [2.45, 2.75) is 6.04 Å². The molecule has 5 nitrogen and oxygen atoms in total. The maximum atomic E-state index is 6.19. The van der Waals surface area contributed by atoms with Crippen molar-refractivity contribution >= 4 is 29.1 Å². The molecule has 0 amide bonds. The average Bonchev–Trinajstić information content (AvgIpc) is 3.18. The molecule has 1 unspecified atom stereocenters. The van der Waals surface area contributed by atoms with Crippen LogP contribution in [0, 0.1) is 0 Å². The van der Waals surface area contributed by atoms with E-state index in [1.165, 1.54) is 12.4 Å². The number of aromatic nitrogens is 2. The summed E-state index contributed by atoms with van der Waals surface area (Å²) in [6.07, 6.45) is 4.84. The lowest BCUT2D eigenvalue weighted by Gasteiger charge is -2.07. The molecule has 2 aromatic heterocycles. The van der Waals surface area contributed by atoms with Crippen LogP contribution in [0.2, 0.25) is 10.0 Å². The van der Waals surface area contributed by atoms with Crippen LogP contribution in [0.25, 0.3) is 11.1 Å². The van der Waals surface area contributed by atoms with Gasteiger partial charge in [-0.1, -0.05) is 47.5 Å². The molecule has 1 aliphatic heterocycles. The Balaban J connectivity index is 1.57. The molecule has 1 atom stereocenters. The fraction of sp³-hybridized carbons (Fsp3) is 0.150. The molecule has 0 spiro atoms. The van der Waals surface area contributed by atoms with E-state index in [9.17, 15) is 0 Å². The Hall–Kier alpha value is -2.63. The Morgan fingerprint density at radius 2 is 1.67 bits per heavy atom. The SMILES string of the molecule is COc1ccc(-c2ccc(C3COC(c4c(Cl)cncc4Cl)=N3)cc2)cn1. The minimum absolute atomic E-state index is 0.108. The molecule has 7 heteroatoms. The Kier molecular flexibility index (Phi) is 4.97. The van der Waals surface area contributed by atoms with Crippen LogP contribution in [-0.2, 0) is 4.74 Å². The van der Waals surface area contributed by atoms with Crippen LogP contribution in [0.4, 0.5) is 0 Å². The molecule has 0 saturated carbocycles. The van der Waals surface area contributed by atoms with Crippen molar-refractivity contribution in [2.75, 3.05) is 13.7 Å². The molecule has 27 heavy (non-hydrogen) atoms. The highest BCUT2D eigenvalue weighted by Gasteiger charge is 2.25. The molecular weight excluding hydrogens is 385 g/mol. The normalized spacial score (nSPS) is 16.0. The smallest absolute Gasteiger partial charge is 0.220 e. The monoisotopic (exact) mass is 399 g/mol. The summed E-state index contributed by atoms with van der Waals surface area (Å²) in [5.74, 6) is 1.04. The zero-order valence-electron chi connectivity index (χ0n) is 14.4. The molecule has 0 saturated heterocycles. The van der Waals surface area contributed by atoms with E-state index < -0.39 is 0 Å². The van der Waals surface area contributed by atoms with Crippen LogP contribution in [-0.4, -0.2) is 29.6 Å². The molecule has 0 fully saturated rings. The summed E-state index contributed by atoms with van der Waals surface area (Å²) < 4.78 is 10.8. The van der Waals surface area contributed by atoms with Gasteiger partial charge in [0.25, 0.3) is 0 Å². The van der Waals surface area contributed by atoms with Crippen molar-refractivity contribution in [1.29, 1.82) is 0 Å². The number of halogens is 2. The van der Waals surface area contributed by atoms with Crippen LogP contribution in [0.15, 0.2) is 60.0 Å².